The van der Waals surface area contributed by atoms with E-state index in [4.69, 9.17) is 0 Å². The highest BCUT2D eigenvalue weighted by Crippen LogP contribution is 2.28. The summed E-state index contributed by atoms with van der Waals surface area (Å²) in [7, 11) is -3.42. The van der Waals surface area contributed by atoms with Crippen LogP contribution in [0, 0.1) is 5.92 Å². The van der Waals surface area contributed by atoms with E-state index >= 15 is 0 Å². The largest absolute Gasteiger partial charge is 0.390 e. The average Bonchev–Trinajstić information content (AvgIpc) is 2.86. The number of hydrogen-bond acceptors (Lipinski definition) is 6. The zero-order valence-electron chi connectivity index (χ0n) is 22.7. The minimum absolute atomic E-state index is 0. The quantitative estimate of drug-likeness (QED) is 0.274. The highest BCUT2D eigenvalue weighted by atomic mass is 35.5. The Morgan fingerprint density at radius 3 is 2.50 bits per heavy atom. The standard InChI is InChI=1S/C28H42N4O4S.ClH/c1-4-30-24-17-23(18-25(19-24)32-14-8-9-15-37(32,35)36)28(34)31-26(16-22-10-6-5-7-11-22)27(33)20-29-13-12-21(2)3;/h5-7,10-11,17-19,21,26-27,29-30,33H,4,8-9,12-16,20H2,1-3H3,(H,31,34);1H/t26-,27+;/m0./s1. The van der Waals surface area contributed by atoms with Crippen molar-refractivity contribution in [1.82, 2.24) is 10.6 Å². The maximum atomic E-state index is 13.5. The van der Waals surface area contributed by atoms with E-state index in [0.717, 1.165) is 24.9 Å². The van der Waals surface area contributed by atoms with Crippen LogP contribution in [-0.4, -0.2) is 63.5 Å². The van der Waals surface area contributed by atoms with Crippen LogP contribution in [0.5, 0.6) is 0 Å². The number of carbonyl (C=O) groups excluding carboxylic acids is 1. The molecular weight excluding hydrogens is 524 g/mol. The minimum atomic E-state index is -3.42. The fraction of sp³-hybridized carbons (Fsp3) is 0.536. The van der Waals surface area contributed by atoms with Crippen molar-refractivity contribution in [2.45, 2.75) is 58.6 Å². The van der Waals surface area contributed by atoms with E-state index in [9.17, 15) is 18.3 Å². The minimum Gasteiger partial charge on any atom is -0.390 e. The number of halogens is 1. The maximum absolute atomic E-state index is 13.5. The molecule has 212 valence electrons. The van der Waals surface area contributed by atoms with Crippen LogP contribution in [0.25, 0.3) is 0 Å². The van der Waals surface area contributed by atoms with Crippen molar-refractivity contribution >= 4 is 39.7 Å². The average molecular weight is 567 g/mol. The number of amides is 1. The second-order valence-electron chi connectivity index (χ2n) is 10.1. The molecule has 0 bridgehead atoms. The molecule has 0 aromatic heterocycles. The molecule has 38 heavy (non-hydrogen) atoms. The van der Waals surface area contributed by atoms with Gasteiger partial charge in [0, 0.05) is 30.9 Å². The van der Waals surface area contributed by atoms with Crippen LogP contribution in [0.1, 0.15) is 56.0 Å². The number of aliphatic hydroxyl groups is 1. The van der Waals surface area contributed by atoms with Crippen molar-refractivity contribution < 1.29 is 18.3 Å². The molecule has 0 spiro atoms. The van der Waals surface area contributed by atoms with Crippen molar-refractivity contribution in [3.8, 4) is 0 Å². The molecule has 1 fully saturated rings. The van der Waals surface area contributed by atoms with E-state index in [-0.39, 0.29) is 24.1 Å². The number of nitrogens with one attached hydrogen (secondary N) is 3. The molecule has 0 saturated carbocycles. The van der Waals surface area contributed by atoms with E-state index in [0.29, 0.717) is 55.3 Å². The van der Waals surface area contributed by atoms with Gasteiger partial charge in [0.1, 0.15) is 0 Å². The number of hydrogen-bond donors (Lipinski definition) is 4. The Hall–Kier alpha value is -2.33. The van der Waals surface area contributed by atoms with Crippen LogP contribution in [0.4, 0.5) is 11.4 Å². The smallest absolute Gasteiger partial charge is 0.251 e. The highest BCUT2D eigenvalue weighted by Gasteiger charge is 2.28. The summed E-state index contributed by atoms with van der Waals surface area (Å²) in [4.78, 5) is 13.5. The van der Waals surface area contributed by atoms with E-state index in [1.54, 1.807) is 18.2 Å². The van der Waals surface area contributed by atoms with Gasteiger partial charge in [0.2, 0.25) is 10.0 Å². The first-order valence-electron chi connectivity index (χ1n) is 13.3. The van der Waals surface area contributed by atoms with Gasteiger partial charge in [0.15, 0.2) is 0 Å². The summed E-state index contributed by atoms with van der Waals surface area (Å²) in [6.45, 7) is 8.44. The van der Waals surface area contributed by atoms with Crippen LogP contribution < -0.4 is 20.3 Å². The summed E-state index contributed by atoms with van der Waals surface area (Å²) in [5, 5.41) is 20.6. The van der Waals surface area contributed by atoms with Crippen molar-refractivity contribution in [2.75, 3.05) is 41.6 Å². The summed E-state index contributed by atoms with van der Waals surface area (Å²) < 4.78 is 26.9. The van der Waals surface area contributed by atoms with Gasteiger partial charge in [0.25, 0.3) is 5.91 Å². The summed E-state index contributed by atoms with van der Waals surface area (Å²) >= 11 is 0. The fourth-order valence-electron chi connectivity index (χ4n) is 4.46. The number of nitrogens with zero attached hydrogens (tertiary/aromatic N) is 1. The number of benzene rings is 2. The van der Waals surface area contributed by atoms with E-state index in [1.807, 2.05) is 37.3 Å². The van der Waals surface area contributed by atoms with E-state index in [2.05, 4.69) is 29.8 Å². The molecule has 3 rings (SSSR count). The number of rotatable bonds is 13. The Morgan fingerprint density at radius 1 is 1.11 bits per heavy atom. The monoisotopic (exact) mass is 566 g/mol. The molecule has 1 saturated heterocycles. The molecule has 8 nitrogen and oxygen atoms in total. The molecule has 1 aliphatic heterocycles. The van der Waals surface area contributed by atoms with Gasteiger partial charge in [-0.15, -0.1) is 12.4 Å². The SMILES string of the molecule is CCNc1cc(C(=O)N[C@@H](Cc2ccccc2)[C@H](O)CNCCC(C)C)cc(N2CCCCS2(=O)=O)c1.Cl. The molecule has 0 unspecified atom stereocenters. The second kappa shape index (κ2) is 15.3. The zero-order valence-corrected chi connectivity index (χ0v) is 24.3. The third kappa shape index (κ3) is 9.45. The van der Waals surface area contributed by atoms with Gasteiger partial charge in [-0.25, -0.2) is 8.42 Å². The van der Waals surface area contributed by atoms with Crippen molar-refractivity contribution in [3.05, 3.63) is 59.7 Å². The van der Waals surface area contributed by atoms with Gasteiger partial charge in [0.05, 0.1) is 23.6 Å². The Labute approximate surface area is 234 Å². The summed E-state index contributed by atoms with van der Waals surface area (Å²) in [6, 6.07) is 14.4. The zero-order chi connectivity index (χ0) is 26.8. The lowest BCUT2D eigenvalue weighted by Crippen LogP contribution is -2.49. The number of aliphatic hydroxyl groups excluding tert-OH is 1. The molecule has 2 atom stereocenters. The lowest BCUT2D eigenvalue weighted by Gasteiger charge is -2.29. The van der Waals surface area contributed by atoms with Crippen molar-refractivity contribution in [1.29, 1.82) is 0 Å². The lowest BCUT2D eigenvalue weighted by molar-refractivity contribution is 0.0830. The Bertz CT molecular complexity index is 1120. The third-order valence-corrected chi connectivity index (χ3v) is 8.40. The third-order valence-electron chi connectivity index (χ3n) is 6.53. The Kier molecular flexibility index (Phi) is 12.8. The molecule has 10 heteroatoms. The first-order valence-corrected chi connectivity index (χ1v) is 14.9. The van der Waals surface area contributed by atoms with Gasteiger partial charge in [-0.1, -0.05) is 44.2 Å². The van der Waals surface area contributed by atoms with Crippen LogP contribution in [0.3, 0.4) is 0 Å². The molecule has 2 aromatic rings. The molecular formula is C28H43ClN4O4S. The lowest BCUT2D eigenvalue weighted by atomic mass is 10.00. The maximum Gasteiger partial charge on any atom is 0.251 e. The van der Waals surface area contributed by atoms with Gasteiger partial charge >= 0.3 is 0 Å². The molecule has 1 heterocycles. The predicted molar refractivity (Wildman–Crippen MR) is 158 cm³/mol. The number of anilines is 2. The number of sulfonamides is 1. The second-order valence-corrected chi connectivity index (χ2v) is 12.1. The summed E-state index contributed by atoms with van der Waals surface area (Å²) in [6.07, 6.45) is 2.10. The van der Waals surface area contributed by atoms with Gasteiger partial charge in [-0.05, 0) is 68.8 Å². The van der Waals surface area contributed by atoms with Crippen molar-refractivity contribution in [3.63, 3.8) is 0 Å². The van der Waals surface area contributed by atoms with Crippen LogP contribution in [-0.2, 0) is 16.4 Å². The number of carbonyl (C=O) groups is 1. The molecule has 1 aliphatic rings. The van der Waals surface area contributed by atoms with Crippen molar-refractivity contribution in [2.24, 2.45) is 5.92 Å². The van der Waals surface area contributed by atoms with E-state index < -0.39 is 22.2 Å². The fourth-order valence-corrected chi connectivity index (χ4v) is 6.08. The molecule has 0 aliphatic carbocycles. The van der Waals surface area contributed by atoms with Gasteiger partial charge in [-0.3, -0.25) is 9.10 Å². The molecule has 2 aromatic carbocycles. The predicted octanol–water partition coefficient (Wildman–Crippen LogP) is 3.81. The van der Waals surface area contributed by atoms with Crippen LogP contribution >= 0.6 is 12.4 Å². The van der Waals surface area contributed by atoms with Crippen LogP contribution in [0.15, 0.2) is 48.5 Å². The van der Waals surface area contributed by atoms with E-state index in [1.165, 1.54) is 4.31 Å². The normalized spacial score (nSPS) is 16.4. The first kappa shape index (κ1) is 31.9. The van der Waals surface area contributed by atoms with Crippen LogP contribution in [0.2, 0.25) is 0 Å². The topological polar surface area (TPSA) is 111 Å². The molecule has 4 N–H and O–H groups in total. The molecule has 1 amide bonds. The van der Waals surface area contributed by atoms with Gasteiger partial charge in [-0.2, -0.15) is 0 Å². The Balaban J connectivity index is 0.00000507. The first-order chi connectivity index (χ1) is 17.7. The van der Waals surface area contributed by atoms with Gasteiger partial charge < -0.3 is 21.1 Å². The Morgan fingerprint density at radius 2 is 1.84 bits per heavy atom. The highest BCUT2D eigenvalue weighted by molar-refractivity contribution is 7.92. The summed E-state index contributed by atoms with van der Waals surface area (Å²) in [5.41, 5.74) is 2.53. The molecule has 0 radical (unpaired) electrons. The summed E-state index contributed by atoms with van der Waals surface area (Å²) in [5.74, 6) is 0.318.